The molecule has 0 aliphatic heterocycles. The van der Waals surface area contributed by atoms with Gasteiger partial charge in [0.25, 0.3) is 0 Å². The SMILES string of the molecule is COC.NNC(=Nc1cccc(F)c1F)c1cc(C=O)n(S)c1. The normalized spacial score (nSPS) is 10.8. The number of thiol groups is 1. The van der Waals surface area contributed by atoms with Gasteiger partial charge in [-0.3, -0.25) is 8.77 Å². The number of benzene rings is 1. The van der Waals surface area contributed by atoms with E-state index >= 15 is 0 Å². The minimum atomic E-state index is -1.08. The molecule has 0 spiro atoms. The number of hydrogen-bond acceptors (Lipinski definition) is 5. The average Bonchev–Trinajstić information content (AvgIpc) is 2.90. The lowest BCUT2D eigenvalue weighted by Crippen LogP contribution is -2.30. The number of halogens is 2. The summed E-state index contributed by atoms with van der Waals surface area (Å²) >= 11 is 4.02. The molecule has 1 heterocycles. The Kier molecular flexibility index (Phi) is 7.39. The highest BCUT2D eigenvalue weighted by atomic mass is 32.1. The van der Waals surface area contributed by atoms with Crippen LogP contribution in [0.3, 0.4) is 0 Å². The van der Waals surface area contributed by atoms with Crippen LogP contribution in [0.2, 0.25) is 0 Å². The lowest BCUT2D eigenvalue weighted by molar-refractivity contribution is 0.111. The van der Waals surface area contributed by atoms with Crippen molar-refractivity contribution in [2.45, 2.75) is 0 Å². The van der Waals surface area contributed by atoms with Gasteiger partial charge in [-0.05, 0) is 18.2 Å². The molecule has 0 fully saturated rings. The molecule has 23 heavy (non-hydrogen) atoms. The highest BCUT2D eigenvalue weighted by molar-refractivity contribution is 7.78. The fraction of sp³-hybridized carbons (Fsp3) is 0.143. The molecule has 124 valence electrons. The first-order valence-electron chi connectivity index (χ1n) is 6.25. The predicted molar refractivity (Wildman–Crippen MR) is 87.0 cm³/mol. The molecule has 0 radical (unpaired) electrons. The van der Waals surface area contributed by atoms with Crippen LogP contribution >= 0.6 is 12.8 Å². The minimum absolute atomic E-state index is 0.0744. The summed E-state index contributed by atoms with van der Waals surface area (Å²) in [6.45, 7) is 0. The second-order valence-corrected chi connectivity index (χ2v) is 4.63. The molecule has 0 bridgehead atoms. The summed E-state index contributed by atoms with van der Waals surface area (Å²) in [7, 11) is 3.25. The lowest BCUT2D eigenvalue weighted by atomic mass is 10.2. The molecule has 0 saturated carbocycles. The van der Waals surface area contributed by atoms with Gasteiger partial charge in [-0.25, -0.2) is 19.6 Å². The zero-order valence-corrected chi connectivity index (χ0v) is 13.3. The molecular formula is C14H16F2N4O2S. The third kappa shape index (κ3) is 4.88. The number of amidine groups is 1. The molecule has 0 atom stereocenters. The van der Waals surface area contributed by atoms with E-state index < -0.39 is 11.6 Å². The molecule has 1 aromatic heterocycles. The number of aldehydes is 1. The number of ether oxygens (including phenoxy) is 1. The van der Waals surface area contributed by atoms with Gasteiger partial charge in [-0.15, -0.1) is 0 Å². The van der Waals surface area contributed by atoms with E-state index in [1.807, 2.05) is 0 Å². The first kappa shape index (κ1) is 18.8. The number of carbonyl (C=O) groups is 1. The van der Waals surface area contributed by atoms with Crippen molar-refractivity contribution in [1.29, 1.82) is 0 Å². The summed E-state index contributed by atoms with van der Waals surface area (Å²) in [5.41, 5.74) is 2.75. The summed E-state index contributed by atoms with van der Waals surface area (Å²) in [5, 5.41) is 0. The van der Waals surface area contributed by atoms with Gasteiger partial charge in [0.2, 0.25) is 0 Å². The topological polar surface area (TPSA) is 81.6 Å². The van der Waals surface area contributed by atoms with Crippen LogP contribution in [0.25, 0.3) is 0 Å². The van der Waals surface area contributed by atoms with Crippen molar-refractivity contribution in [2.24, 2.45) is 10.8 Å². The molecule has 2 rings (SSSR count). The van der Waals surface area contributed by atoms with Crippen LogP contribution < -0.4 is 11.3 Å². The molecule has 0 amide bonds. The molecule has 1 aromatic carbocycles. The number of hydrazine groups is 1. The molecule has 6 nitrogen and oxygen atoms in total. The summed E-state index contributed by atoms with van der Waals surface area (Å²) in [5.74, 6) is 3.30. The number of hydrogen-bond donors (Lipinski definition) is 3. The van der Waals surface area contributed by atoms with E-state index in [1.54, 1.807) is 14.2 Å². The maximum Gasteiger partial charge on any atom is 0.184 e. The van der Waals surface area contributed by atoms with Crippen LogP contribution in [0.1, 0.15) is 16.1 Å². The number of methoxy groups -OCH3 is 1. The van der Waals surface area contributed by atoms with Crippen molar-refractivity contribution in [2.75, 3.05) is 14.2 Å². The maximum absolute atomic E-state index is 13.5. The molecule has 2 aromatic rings. The van der Waals surface area contributed by atoms with Crippen molar-refractivity contribution in [3.63, 3.8) is 0 Å². The summed E-state index contributed by atoms with van der Waals surface area (Å²) in [6.07, 6.45) is 2.05. The number of nitrogens with one attached hydrogen (secondary N) is 1. The second kappa shape index (κ2) is 9.03. The molecule has 0 saturated heterocycles. The van der Waals surface area contributed by atoms with Gasteiger partial charge in [-0.2, -0.15) is 0 Å². The Balaban J connectivity index is 0.000000816. The molecule has 0 unspecified atom stereocenters. The first-order chi connectivity index (χ1) is 11.0. The standard InChI is InChI=1S/C12H10F2N4OS.C2H6O/c13-9-2-1-3-10(11(9)14)16-12(17-15)7-4-8(6-19)18(20)5-7;1-3-2/h1-6,20H,15H2,(H,16,17);1-2H3. The van der Waals surface area contributed by atoms with E-state index in [9.17, 15) is 13.6 Å². The monoisotopic (exact) mass is 342 g/mol. The van der Waals surface area contributed by atoms with Gasteiger partial charge in [-0.1, -0.05) is 18.9 Å². The van der Waals surface area contributed by atoms with E-state index in [2.05, 4.69) is 28.0 Å². The largest absolute Gasteiger partial charge is 0.388 e. The van der Waals surface area contributed by atoms with Crippen LogP contribution in [0, 0.1) is 11.6 Å². The van der Waals surface area contributed by atoms with E-state index in [-0.39, 0.29) is 17.2 Å². The first-order valence-corrected chi connectivity index (χ1v) is 6.65. The quantitative estimate of drug-likeness (QED) is 0.199. The number of nitrogens with two attached hydrogens (primary N) is 1. The van der Waals surface area contributed by atoms with Gasteiger partial charge >= 0.3 is 0 Å². The van der Waals surface area contributed by atoms with Crippen LogP contribution in [0.15, 0.2) is 35.5 Å². The zero-order chi connectivity index (χ0) is 17.4. The Morgan fingerprint density at radius 2 is 2.09 bits per heavy atom. The number of carbonyl (C=O) groups excluding carboxylic acids is 1. The van der Waals surface area contributed by atoms with Gasteiger partial charge in [0.15, 0.2) is 17.9 Å². The highest BCUT2D eigenvalue weighted by Crippen LogP contribution is 2.21. The summed E-state index contributed by atoms with van der Waals surface area (Å²) in [6, 6.07) is 5.06. The average molecular weight is 342 g/mol. The second-order valence-electron chi connectivity index (χ2n) is 4.20. The Hall–Kier alpha value is -2.23. The van der Waals surface area contributed by atoms with E-state index in [0.717, 1.165) is 6.07 Å². The molecule has 0 aliphatic carbocycles. The van der Waals surface area contributed by atoms with Crippen LogP contribution in [0.5, 0.6) is 0 Å². The van der Waals surface area contributed by atoms with E-state index in [1.165, 1.54) is 28.4 Å². The Labute approximate surface area is 137 Å². The van der Waals surface area contributed by atoms with E-state index in [0.29, 0.717) is 11.8 Å². The fourth-order valence-electron chi connectivity index (χ4n) is 1.57. The third-order valence-electron chi connectivity index (χ3n) is 2.52. The number of nitrogens with zero attached hydrogens (tertiary/aromatic N) is 2. The van der Waals surface area contributed by atoms with Gasteiger partial charge in [0.1, 0.15) is 11.5 Å². The Morgan fingerprint density at radius 1 is 1.43 bits per heavy atom. The molecule has 0 aliphatic rings. The summed E-state index contributed by atoms with van der Waals surface area (Å²) in [4.78, 5) is 14.6. The zero-order valence-electron chi connectivity index (χ0n) is 12.5. The highest BCUT2D eigenvalue weighted by Gasteiger charge is 2.11. The Bertz CT molecular complexity index is 704. The van der Waals surface area contributed by atoms with Crippen LogP contribution in [-0.2, 0) is 4.74 Å². The van der Waals surface area contributed by atoms with Crippen molar-refractivity contribution >= 4 is 30.6 Å². The smallest absolute Gasteiger partial charge is 0.184 e. The molecular weight excluding hydrogens is 326 g/mol. The summed E-state index contributed by atoms with van der Waals surface area (Å²) < 4.78 is 32.1. The fourth-order valence-corrected chi connectivity index (χ4v) is 1.80. The van der Waals surface area contributed by atoms with Crippen molar-refractivity contribution in [1.82, 2.24) is 9.40 Å². The van der Waals surface area contributed by atoms with E-state index in [4.69, 9.17) is 5.84 Å². The number of rotatable bonds is 3. The maximum atomic E-state index is 13.5. The number of aliphatic imine (C=N–C) groups is 1. The van der Waals surface area contributed by atoms with Gasteiger partial charge < -0.3 is 10.2 Å². The van der Waals surface area contributed by atoms with Crippen LogP contribution in [0.4, 0.5) is 14.5 Å². The predicted octanol–water partition coefficient (Wildman–Crippen LogP) is 2.08. The van der Waals surface area contributed by atoms with Gasteiger partial charge in [0, 0.05) is 26.0 Å². The van der Waals surface area contributed by atoms with Crippen molar-refractivity contribution in [3.8, 4) is 0 Å². The van der Waals surface area contributed by atoms with Gasteiger partial charge in [0.05, 0.1) is 5.69 Å². The van der Waals surface area contributed by atoms with Crippen LogP contribution in [-0.4, -0.2) is 30.3 Å². The number of aromatic nitrogens is 1. The Morgan fingerprint density at radius 3 is 2.61 bits per heavy atom. The lowest BCUT2D eigenvalue weighted by Gasteiger charge is -2.04. The van der Waals surface area contributed by atoms with Crippen molar-refractivity contribution < 1.29 is 18.3 Å². The molecule has 9 heteroatoms. The van der Waals surface area contributed by atoms with Crippen molar-refractivity contribution in [3.05, 3.63) is 53.4 Å². The minimum Gasteiger partial charge on any atom is -0.388 e. The third-order valence-corrected chi connectivity index (χ3v) is 2.87. The molecule has 3 N–H and O–H groups in total.